The zero-order chi connectivity index (χ0) is 8.72. The second-order valence-electron chi connectivity index (χ2n) is 2.70. The smallest absolute Gasteiger partial charge is 0.118 e. The van der Waals surface area contributed by atoms with Gasteiger partial charge < -0.3 is 0 Å². The molecule has 0 amide bonds. The number of rotatable bonds is 0. The van der Waals surface area contributed by atoms with Gasteiger partial charge in [-0.3, -0.25) is 4.68 Å². The Balaban J connectivity index is 2.87. The summed E-state index contributed by atoms with van der Waals surface area (Å²) in [6.07, 6.45) is 1.61. The van der Waals surface area contributed by atoms with E-state index in [1.165, 1.54) is 6.07 Å². The first-order valence-corrected chi connectivity index (χ1v) is 3.55. The summed E-state index contributed by atoms with van der Waals surface area (Å²) in [4.78, 5) is 0. The van der Waals surface area contributed by atoms with Gasteiger partial charge in [0.25, 0.3) is 0 Å². The lowest BCUT2D eigenvalue weighted by molar-refractivity contribution is 0.637. The monoisotopic (exact) mass is 160 g/mol. The van der Waals surface area contributed by atoms with Gasteiger partial charge in [-0.25, -0.2) is 4.39 Å². The highest BCUT2D eigenvalue weighted by Crippen LogP contribution is 2.11. The number of hydrogen-bond acceptors (Lipinski definition) is 1. The minimum atomic E-state index is -0.393. The van der Waals surface area contributed by atoms with Gasteiger partial charge in [0.2, 0.25) is 0 Å². The van der Waals surface area contributed by atoms with Crippen molar-refractivity contribution in [1.82, 2.24) is 9.78 Å². The van der Waals surface area contributed by atoms with Gasteiger partial charge in [0.1, 0.15) is 13.7 Å². The lowest BCUT2D eigenvalue weighted by Crippen LogP contribution is -2.08. The third-order valence-corrected chi connectivity index (χ3v) is 1.86. The maximum Gasteiger partial charge on any atom is 0.118 e. The van der Waals surface area contributed by atoms with E-state index in [1.54, 1.807) is 24.0 Å². The number of aryl methyl sites for hydroxylation is 1. The average molecular weight is 160 g/mol. The van der Waals surface area contributed by atoms with E-state index in [4.69, 9.17) is 7.85 Å². The van der Waals surface area contributed by atoms with Gasteiger partial charge in [0.15, 0.2) is 0 Å². The van der Waals surface area contributed by atoms with Crippen molar-refractivity contribution in [3.63, 3.8) is 0 Å². The summed E-state index contributed by atoms with van der Waals surface area (Å²) in [7, 11) is 7.19. The Morgan fingerprint density at radius 1 is 1.50 bits per heavy atom. The fourth-order valence-electron chi connectivity index (χ4n) is 1.19. The predicted octanol–water partition coefficient (Wildman–Crippen LogP) is 0.506. The number of halogens is 1. The quantitative estimate of drug-likeness (QED) is 0.513. The SMILES string of the molecule is [B]c1cc2c(cnn2C)cc1F. The predicted molar refractivity (Wildman–Crippen MR) is 46.1 cm³/mol. The largest absolute Gasteiger partial charge is 0.268 e. The van der Waals surface area contributed by atoms with Crippen LogP contribution in [0, 0.1) is 5.82 Å². The van der Waals surface area contributed by atoms with Crippen LogP contribution in [0.1, 0.15) is 0 Å². The van der Waals surface area contributed by atoms with Crippen molar-refractivity contribution in [2.75, 3.05) is 0 Å². The van der Waals surface area contributed by atoms with E-state index in [0.29, 0.717) is 0 Å². The molecule has 12 heavy (non-hydrogen) atoms. The molecule has 0 N–H and O–H groups in total. The van der Waals surface area contributed by atoms with Crippen LogP contribution in [0.2, 0.25) is 0 Å². The summed E-state index contributed by atoms with van der Waals surface area (Å²) < 4.78 is 14.6. The van der Waals surface area contributed by atoms with Crippen LogP contribution in [-0.2, 0) is 7.05 Å². The first-order chi connectivity index (χ1) is 5.68. The molecule has 0 unspecified atom stereocenters. The van der Waals surface area contributed by atoms with Crippen LogP contribution < -0.4 is 5.46 Å². The molecule has 0 atom stereocenters. The van der Waals surface area contributed by atoms with E-state index in [0.717, 1.165) is 10.9 Å². The molecular weight excluding hydrogens is 154 g/mol. The van der Waals surface area contributed by atoms with Crippen molar-refractivity contribution in [2.24, 2.45) is 7.05 Å². The van der Waals surface area contributed by atoms with E-state index in [9.17, 15) is 4.39 Å². The molecule has 1 aromatic carbocycles. The van der Waals surface area contributed by atoms with Crippen molar-refractivity contribution >= 4 is 24.2 Å². The van der Waals surface area contributed by atoms with E-state index in [-0.39, 0.29) is 5.46 Å². The maximum absolute atomic E-state index is 12.9. The van der Waals surface area contributed by atoms with Gasteiger partial charge in [0, 0.05) is 12.4 Å². The Hall–Kier alpha value is -1.32. The van der Waals surface area contributed by atoms with E-state index in [2.05, 4.69) is 5.10 Å². The van der Waals surface area contributed by atoms with Gasteiger partial charge >= 0.3 is 0 Å². The molecule has 0 aliphatic rings. The van der Waals surface area contributed by atoms with Crippen molar-refractivity contribution in [3.8, 4) is 0 Å². The standard InChI is InChI=1S/C8H6BFN2/c1-12-8-3-6(9)7(10)2-5(8)4-11-12/h2-4H,1H3. The topological polar surface area (TPSA) is 17.8 Å². The molecule has 0 saturated carbocycles. The molecule has 2 nitrogen and oxygen atoms in total. The van der Waals surface area contributed by atoms with Gasteiger partial charge in [-0.05, 0) is 12.1 Å². The zero-order valence-corrected chi connectivity index (χ0v) is 6.58. The summed E-state index contributed by atoms with van der Waals surface area (Å²) in [5.41, 5.74) is 1.00. The first-order valence-electron chi connectivity index (χ1n) is 3.55. The van der Waals surface area contributed by atoms with Crippen LogP contribution in [0.3, 0.4) is 0 Å². The Labute approximate surface area is 70.4 Å². The van der Waals surface area contributed by atoms with Crippen LogP contribution >= 0.6 is 0 Å². The summed E-state index contributed by atoms with van der Waals surface area (Å²) in [5, 5.41) is 4.74. The molecule has 0 saturated heterocycles. The fraction of sp³-hybridized carbons (Fsp3) is 0.125. The Kier molecular flexibility index (Phi) is 1.43. The Bertz CT molecular complexity index is 436. The molecule has 2 rings (SSSR count). The molecule has 58 valence electrons. The highest BCUT2D eigenvalue weighted by Gasteiger charge is 2.02. The van der Waals surface area contributed by atoms with Crippen molar-refractivity contribution < 1.29 is 4.39 Å². The number of nitrogens with zero attached hydrogens (tertiary/aromatic N) is 2. The molecule has 0 fully saturated rings. The van der Waals surface area contributed by atoms with Crippen LogP contribution in [0.4, 0.5) is 4.39 Å². The minimum Gasteiger partial charge on any atom is -0.268 e. The molecule has 4 heteroatoms. The van der Waals surface area contributed by atoms with Gasteiger partial charge in [-0.2, -0.15) is 5.10 Å². The minimum absolute atomic E-state index is 0.158. The van der Waals surface area contributed by atoms with Crippen molar-refractivity contribution in [2.45, 2.75) is 0 Å². The van der Waals surface area contributed by atoms with Gasteiger partial charge in [-0.1, -0.05) is 5.46 Å². The van der Waals surface area contributed by atoms with Crippen LogP contribution in [0.25, 0.3) is 10.9 Å². The van der Waals surface area contributed by atoms with Crippen molar-refractivity contribution in [3.05, 3.63) is 24.1 Å². The summed E-state index contributed by atoms with van der Waals surface area (Å²) >= 11 is 0. The molecule has 2 radical (unpaired) electrons. The molecule has 0 aliphatic carbocycles. The number of fused-ring (bicyclic) bond motifs is 1. The number of benzene rings is 1. The van der Waals surface area contributed by atoms with Crippen LogP contribution in [0.5, 0.6) is 0 Å². The van der Waals surface area contributed by atoms with Crippen molar-refractivity contribution in [1.29, 1.82) is 0 Å². The lowest BCUT2D eigenvalue weighted by Gasteiger charge is -1.97. The van der Waals surface area contributed by atoms with Crippen LogP contribution in [0.15, 0.2) is 18.3 Å². The highest BCUT2D eigenvalue weighted by atomic mass is 19.1. The highest BCUT2D eigenvalue weighted by molar-refractivity contribution is 6.33. The third kappa shape index (κ3) is 0.914. The maximum atomic E-state index is 12.9. The summed E-state index contributed by atoms with van der Waals surface area (Å²) in [6, 6.07) is 2.97. The van der Waals surface area contributed by atoms with E-state index in [1.807, 2.05) is 0 Å². The molecule has 2 aromatic rings. The second-order valence-corrected chi connectivity index (χ2v) is 2.70. The summed E-state index contributed by atoms with van der Waals surface area (Å²) in [6.45, 7) is 0. The average Bonchev–Trinajstić information content (AvgIpc) is 2.35. The lowest BCUT2D eigenvalue weighted by atomic mass is 9.94. The Morgan fingerprint density at radius 3 is 3.00 bits per heavy atom. The summed E-state index contributed by atoms with van der Waals surface area (Å²) in [5.74, 6) is -0.393. The second kappa shape index (κ2) is 2.34. The molecular formula is C8H6BFN2. The van der Waals surface area contributed by atoms with Gasteiger partial charge in [-0.15, -0.1) is 0 Å². The zero-order valence-electron chi connectivity index (χ0n) is 6.58. The third-order valence-electron chi connectivity index (χ3n) is 1.86. The molecule has 1 aromatic heterocycles. The Morgan fingerprint density at radius 2 is 2.25 bits per heavy atom. The van der Waals surface area contributed by atoms with E-state index < -0.39 is 5.82 Å². The number of aromatic nitrogens is 2. The number of hydrogen-bond donors (Lipinski definition) is 0. The first kappa shape index (κ1) is 7.34. The van der Waals surface area contributed by atoms with E-state index >= 15 is 0 Å². The van der Waals surface area contributed by atoms with Crippen LogP contribution in [-0.4, -0.2) is 17.6 Å². The molecule has 1 heterocycles. The molecule has 0 spiro atoms. The molecule has 0 bridgehead atoms. The fourth-order valence-corrected chi connectivity index (χ4v) is 1.19. The van der Waals surface area contributed by atoms with Gasteiger partial charge in [0.05, 0.1) is 11.7 Å². The molecule has 0 aliphatic heterocycles. The normalized spacial score (nSPS) is 10.8.